The lowest BCUT2D eigenvalue weighted by molar-refractivity contribution is 0.414. The summed E-state index contributed by atoms with van der Waals surface area (Å²) in [5.74, 6) is 0.823. The molecule has 0 bridgehead atoms. The van der Waals surface area contributed by atoms with Crippen molar-refractivity contribution in [1.29, 1.82) is 10.9 Å². The van der Waals surface area contributed by atoms with Crippen LogP contribution in [0.5, 0.6) is 5.75 Å². The molecular formula is C17H16N4O. The third-order valence-electron chi connectivity index (χ3n) is 3.64. The molecule has 0 spiro atoms. The van der Waals surface area contributed by atoms with Gasteiger partial charge in [0.15, 0.2) is 5.84 Å². The van der Waals surface area contributed by atoms with E-state index in [0.717, 1.165) is 28.8 Å². The predicted molar refractivity (Wildman–Crippen MR) is 86.0 cm³/mol. The zero-order valence-electron chi connectivity index (χ0n) is 12.2. The van der Waals surface area contributed by atoms with Gasteiger partial charge in [-0.3, -0.25) is 5.41 Å². The second kappa shape index (κ2) is 5.81. The second-order valence-electron chi connectivity index (χ2n) is 5.03. The lowest BCUT2D eigenvalue weighted by atomic mass is 10.1. The molecule has 3 aromatic rings. The fourth-order valence-corrected chi connectivity index (χ4v) is 2.52. The van der Waals surface area contributed by atoms with E-state index in [9.17, 15) is 0 Å². The van der Waals surface area contributed by atoms with Gasteiger partial charge in [-0.2, -0.15) is 0 Å². The molecule has 0 atom stereocenters. The van der Waals surface area contributed by atoms with E-state index in [-0.39, 0.29) is 5.84 Å². The summed E-state index contributed by atoms with van der Waals surface area (Å²) in [5, 5.41) is 11.8. The third-order valence-corrected chi connectivity index (χ3v) is 3.64. The Morgan fingerprint density at radius 1 is 1.18 bits per heavy atom. The van der Waals surface area contributed by atoms with Gasteiger partial charge in [0.2, 0.25) is 0 Å². The first kappa shape index (κ1) is 14.0. The Morgan fingerprint density at radius 2 is 2.05 bits per heavy atom. The van der Waals surface area contributed by atoms with E-state index < -0.39 is 0 Å². The van der Waals surface area contributed by atoms with Gasteiger partial charge in [-0.05, 0) is 42.0 Å². The van der Waals surface area contributed by atoms with E-state index in [4.69, 9.17) is 15.7 Å². The number of nitrogens with zero attached hydrogens (tertiary/aromatic N) is 2. The Bertz CT molecular complexity index is 851. The molecule has 2 aromatic carbocycles. The lowest BCUT2D eigenvalue weighted by Crippen LogP contribution is -1.99. The van der Waals surface area contributed by atoms with Gasteiger partial charge in [-0.1, -0.05) is 12.1 Å². The topological polar surface area (TPSA) is 74.2 Å². The normalized spacial score (nSPS) is 10.6. The second-order valence-corrected chi connectivity index (χ2v) is 5.03. The van der Waals surface area contributed by atoms with Gasteiger partial charge in [-0.15, -0.1) is 5.11 Å². The highest BCUT2D eigenvalue weighted by atomic mass is 16.5. The number of rotatable bonds is 4. The number of hydrogen-bond acceptors (Lipinski definition) is 3. The monoisotopic (exact) mass is 292 g/mol. The maximum Gasteiger partial charge on any atom is 0.173 e. The van der Waals surface area contributed by atoms with Crippen LogP contribution in [0, 0.1) is 10.9 Å². The van der Waals surface area contributed by atoms with Crippen LogP contribution in [-0.2, 0) is 6.54 Å². The first-order chi connectivity index (χ1) is 10.7. The molecule has 5 heteroatoms. The average Bonchev–Trinajstić information content (AvgIpc) is 2.96. The highest BCUT2D eigenvalue weighted by Gasteiger charge is 2.06. The van der Waals surface area contributed by atoms with Crippen LogP contribution < -0.4 is 4.74 Å². The molecular weight excluding hydrogens is 276 g/mol. The average molecular weight is 292 g/mol. The minimum atomic E-state index is -0.0255. The van der Waals surface area contributed by atoms with Crippen LogP contribution in [0.2, 0.25) is 0 Å². The van der Waals surface area contributed by atoms with E-state index in [1.54, 1.807) is 7.11 Å². The van der Waals surface area contributed by atoms with Crippen LogP contribution >= 0.6 is 0 Å². The molecule has 1 heterocycles. The first-order valence-electron chi connectivity index (χ1n) is 6.89. The lowest BCUT2D eigenvalue weighted by Gasteiger charge is -2.08. The van der Waals surface area contributed by atoms with Crippen LogP contribution in [0.1, 0.15) is 11.1 Å². The van der Waals surface area contributed by atoms with Gasteiger partial charge in [-0.25, -0.2) is 5.53 Å². The van der Waals surface area contributed by atoms with Crippen LogP contribution in [0.15, 0.2) is 59.8 Å². The largest absolute Gasteiger partial charge is 0.497 e. The van der Waals surface area contributed by atoms with Gasteiger partial charge in [0, 0.05) is 29.2 Å². The van der Waals surface area contributed by atoms with E-state index >= 15 is 0 Å². The smallest absolute Gasteiger partial charge is 0.173 e. The van der Waals surface area contributed by atoms with Crippen LogP contribution in [0.25, 0.3) is 10.9 Å². The van der Waals surface area contributed by atoms with Gasteiger partial charge in [0.1, 0.15) is 5.75 Å². The maximum absolute atomic E-state index is 7.61. The molecule has 0 fully saturated rings. The summed E-state index contributed by atoms with van der Waals surface area (Å²) in [6, 6.07) is 15.7. The fraction of sp³-hybridized carbons (Fsp3) is 0.118. The van der Waals surface area contributed by atoms with Crippen LogP contribution in [-0.4, -0.2) is 17.5 Å². The molecule has 0 amide bonds. The quantitative estimate of drug-likeness (QED) is 0.425. The fourth-order valence-electron chi connectivity index (χ4n) is 2.52. The molecule has 3 rings (SSSR count). The van der Waals surface area contributed by atoms with E-state index in [0.29, 0.717) is 5.56 Å². The minimum absolute atomic E-state index is 0.0255. The zero-order chi connectivity index (χ0) is 15.5. The summed E-state index contributed by atoms with van der Waals surface area (Å²) < 4.78 is 7.40. The molecule has 22 heavy (non-hydrogen) atoms. The molecule has 1 aromatic heterocycles. The van der Waals surface area contributed by atoms with E-state index in [1.165, 1.54) is 0 Å². The molecule has 5 nitrogen and oxygen atoms in total. The number of benzene rings is 2. The standard InChI is InChI=1S/C17H16N4O/c1-22-15-4-2-3-12(9-15)11-21-8-7-13-10-14(17(18)20-19)5-6-16(13)21/h2-10,18-19H,11H2,1H3. The predicted octanol–water partition coefficient (Wildman–Crippen LogP) is 4.05. The minimum Gasteiger partial charge on any atom is -0.497 e. The summed E-state index contributed by atoms with van der Waals surface area (Å²) in [6.07, 6.45) is 2.02. The third kappa shape index (κ3) is 2.61. The van der Waals surface area contributed by atoms with Crippen molar-refractivity contribution in [3.63, 3.8) is 0 Å². The Balaban J connectivity index is 1.94. The Labute approximate surface area is 128 Å². The summed E-state index contributed by atoms with van der Waals surface area (Å²) in [4.78, 5) is 0. The van der Waals surface area contributed by atoms with Crippen molar-refractivity contribution >= 4 is 16.7 Å². The SMILES string of the molecule is COc1cccc(Cn2ccc3cc(C(=N)N=N)ccc32)c1. The zero-order valence-corrected chi connectivity index (χ0v) is 12.2. The van der Waals surface area contributed by atoms with Crippen molar-refractivity contribution in [2.24, 2.45) is 5.11 Å². The number of ether oxygens (including phenoxy) is 1. The van der Waals surface area contributed by atoms with Crippen molar-refractivity contribution < 1.29 is 4.74 Å². The van der Waals surface area contributed by atoms with Crippen LogP contribution in [0.4, 0.5) is 0 Å². The summed E-state index contributed by atoms with van der Waals surface area (Å²) in [7, 11) is 1.66. The van der Waals surface area contributed by atoms with Gasteiger partial charge in [0.25, 0.3) is 0 Å². The number of nitrogens with one attached hydrogen (secondary N) is 2. The number of amidine groups is 1. The Kier molecular flexibility index (Phi) is 3.70. The highest BCUT2D eigenvalue weighted by Crippen LogP contribution is 2.21. The number of hydrogen-bond donors (Lipinski definition) is 2. The van der Waals surface area contributed by atoms with Crippen molar-refractivity contribution in [2.45, 2.75) is 6.54 Å². The molecule has 0 saturated carbocycles. The van der Waals surface area contributed by atoms with Crippen molar-refractivity contribution in [2.75, 3.05) is 7.11 Å². The molecule has 2 N–H and O–H groups in total. The number of methoxy groups -OCH3 is 1. The number of aromatic nitrogens is 1. The Hall–Kier alpha value is -2.95. The van der Waals surface area contributed by atoms with E-state index in [2.05, 4.69) is 15.7 Å². The first-order valence-corrected chi connectivity index (χ1v) is 6.89. The van der Waals surface area contributed by atoms with E-state index in [1.807, 2.05) is 48.7 Å². The van der Waals surface area contributed by atoms with Crippen LogP contribution in [0.3, 0.4) is 0 Å². The van der Waals surface area contributed by atoms with Crippen molar-refractivity contribution in [3.05, 3.63) is 65.9 Å². The molecule has 0 aliphatic rings. The van der Waals surface area contributed by atoms with Crippen molar-refractivity contribution in [1.82, 2.24) is 4.57 Å². The molecule has 0 unspecified atom stereocenters. The highest BCUT2D eigenvalue weighted by molar-refractivity contribution is 5.99. The van der Waals surface area contributed by atoms with Crippen molar-refractivity contribution in [3.8, 4) is 5.75 Å². The van der Waals surface area contributed by atoms with Gasteiger partial charge >= 0.3 is 0 Å². The maximum atomic E-state index is 7.61. The summed E-state index contributed by atoms with van der Waals surface area (Å²) in [5.41, 5.74) is 9.83. The molecule has 0 saturated heterocycles. The summed E-state index contributed by atoms with van der Waals surface area (Å²) in [6.45, 7) is 0.750. The molecule has 0 radical (unpaired) electrons. The molecule has 0 aliphatic carbocycles. The molecule has 110 valence electrons. The van der Waals surface area contributed by atoms with Gasteiger partial charge in [0.05, 0.1) is 7.11 Å². The summed E-state index contributed by atoms with van der Waals surface area (Å²) >= 11 is 0. The Morgan fingerprint density at radius 3 is 2.82 bits per heavy atom. The molecule has 0 aliphatic heterocycles. The number of fused-ring (bicyclic) bond motifs is 1. The van der Waals surface area contributed by atoms with Gasteiger partial charge < -0.3 is 9.30 Å².